The van der Waals surface area contributed by atoms with E-state index in [1.54, 1.807) is 0 Å². The second kappa shape index (κ2) is 7.88. The van der Waals surface area contributed by atoms with Crippen molar-refractivity contribution in [2.45, 2.75) is 39.2 Å². The number of aliphatic carboxylic acids is 1. The lowest BCUT2D eigenvalue weighted by Gasteiger charge is -2.16. The standard InChI is InChI=1S/C15H23NO2/c1-3-4-5-10-16(2)12-14-8-6-13(7-9-14)11-15(17)18/h6-9H,3-5,10-12H2,1-2H3,(H,17,18). The van der Waals surface area contributed by atoms with Gasteiger partial charge >= 0.3 is 5.97 Å². The Morgan fingerprint density at radius 2 is 1.78 bits per heavy atom. The number of carboxylic acids is 1. The molecule has 3 nitrogen and oxygen atoms in total. The predicted octanol–water partition coefficient (Wildman–Crippen LogP) is 2.94. The maximum Gasteiger partial charge on any atom is 0.307 e. The lowest BCUT2D eigenvalue weighted by Crippen LogP contribution is -2.19. The monoisotopic (exact) mass is 249 g/mol. The summed E-state index contributed by atoms with van der Waals surface area (Å²) in [5, 5.41) is 8.69. The highest BCUT2D eigenvalue weighted by Gasteiger charge is 2.02. The molecular formula is C15H23NO2. The Morgan fingerprint density at radius 3 is 2.33 bits per heavy atom. The van der Waals surface area contributed by atoms with Crippen molar-refractivity contribution < 1.29 is 9.90 Å². The molecule has 0 bridgehead atoms. The van der Waals surface area contributed by atoms with E-state index in [4.69, 9.17) is 5.11 Å². The molecule has 0 saturated carbocycles. The van der Waals surface area contributed by atoms with E-state index in [0.29, 0.717) is 0 Å². The van der Waals surface area contributed by atoms with Crippen LogP contribution in [-0.4, -0.2) is 29.6 Å². The number of unbranched alkanes of at least 4 members (excludes halogenated alkanes) is 2. The molecular weight excluding hydrogens is 226 g/mol. The van der Waals surface area contributed by atoms with E-state index < -0.39 is 5.97 Å². The summed E-state index contributed by atoms with van der Waals surface area (Å²) in [5.74, 6) is -0.778. The van der Waals surface area contributed by atoms with Gasteiger partial charge in [0.15, 0.2) is 0 Å². The largest absolute Gasteiger partial charge is 0.481 e. The highest BCUT2D eigenvalue weighted by Crippen LogP contribution is 2.08. The maximum atomic E-state index is 10.6. The molecule has 18 heavy (non-hydrogen) atoms. The minimum atomic E-state index is -0.778. The summed E-state index contributed by atoms with van der Waals surface area (Å²) < 4.78 is 0. The minimum absolute atomic E-state index is 0.104. The molecule has 100 valence electrons. The van der Waals surface area contributed by atoms with Crippen LogP contribution in [0, 0.1) is 0 Å². The number of hydrogen-bond donors (Lipinski definition) is 1. The number of benzene rings is 1. The van der Waals surface area contributed by atoms with Crippen LogP contribution in [0.1, 0.15) is 37.3 Å². The van der Waals surface area contributed by atoms with Gasteiger partial charge in [0.2, 0.25) is 0 Å². The van der Waals surface area contributed by atoms with E-state index in [-0.39, 0.29) is 6.42 Å². The normalized spacial score (nSPS) is 10.8. The highest BCUT2D eigenvalue weighted by atomic mass is 16.4. The van der Waals surface area contributed by atoms with E-state index in [1.807, 2.05) is 24.3 Å². The third-order valence-electron chi connectivity index (χ3n) is 2.97. The van der Waals surface area contributed by atoms with Crippen molar-refractivity contribution >= 4 is 5.97 Å². The molecule has 0 radical (unpaired) electrons. The molecule has 1 N–H and O–H groups in total. The number of hydrogen-bond acceptors (Lipinski definition) is 2. The molecule has 3 heteroatoms. The third kappa shape index (κ3) is 5.82. The Kier molecular flexibility index (Phi) is 6.44. The van der Waals surface area contributed by atoms with Crippen LogP contribution in [0.15, 0.2) is 24.3 Å². The van der Waals surface area contributed by atoms with Gasteiger partial charge in [0.05, 0.1) is 6.42 Å². The zero-order valence-corrected chi connectivity index (χ0v) is 11.4. The van der Waals surface area contributed by atoms with Crippen molar-refractivity contribution in [1.29, 1.82) is 0 Å². The molecule has 0 spiro atoms. The first-order valence-electron chi connectivity index (χ1n) is 6.60. The van der Waals surface area contributed by atoms with Gasteiger partial charge in [-0.1, -0.05) is 44.0 Å². The van der Waals surface area contributed by atoms with E-state index in [0.717, 1.165) is 18.7 Å². The second-order valence-corrected chi connectivity index (χ2v) is 4.83. The number of carbonyl (C=O) groups is 1. The second-order valence-electron chi connectivity index (χ2n) is 4.83. The number of rotatable bonds is 8. The first-order chi connectivity index (χ1) is 8.61. The van der Waals surface area contributed by atoms with Gasteiger partial charge in [-0.25, -0.2) is 0 Å². The fourth-order valence-electron chi connectivity index (χ4n) is 1.96. The van der Waals surface area contributed by atoms with Crippen LogP contribution in [-0.2, 0) is 17.8 Å². The van der Waals surface area contributed by atoms with Gasteiger partial charge in [0, 0.05) is 6.54 Å². The van der Waals surface area contributed by atoms with Crippen molar-refractivity contribution in [2.75, 3.05) is 13.6 Å². The van der Waals surface area contributed by atoms with Crippen LogP contribution in [0.25, 0.3) is 0 Å². The molecule has 1 aromatic carbocycles. The lowest BCUT2D eigenvalue weighted by molar-refractivity contribution is -0.136. The first-order valence-corrected chi connectivity index (χ1v) is 6.60. The van der Waals surface area contributed by atoms with Gasteiger partial charge in [-0.05, 0) is 31.1 Å². The molecule has 0 aliphatic carbocycles. The molecule has 0 amide bonds. The maximum absolute atomic E-state index is 10.6. The topological polar surface area (TPSA) is 40.5 Å². The van der Waals surface area contributed by atoms with Crippen molar-refractivity contribution in [3.8, 4) is 0 Å². The third-order valence-corrected chi connectivity index (χ3v) is 2.97. The lowest BCUT2D eigenvalue weighted by atomic mass is 10.1. The summed E-state index contributed by atoms with van der Waals surface area (Å²) in [6.07, 6.45) is 3.87. The van der Waals surface area contributed by atoms with Crippen molar-refractivity contribution in [2.24, 2.45) is 0 Å². The zero-order valence-electron chi connectivity index (χ0n) is 11.4. The van der Waals surface area contributed by atoms with Crippen LogP contribution < -0.4 is 0 Å². The summed E-state index contributed by atoms with van der Waals surface area (Å²) >= 11 is 0. The van der Waals surface area contributed by atoms with Gasteiger partial charge in [-0.3, -0.25) is 4.79 Å². The molecule has 0 aromatic heterocycles. The molecule has 0 unspecified atom stereocenters. The summed E-state index contributed by atoms with van der Waals surface area (Å²) in [6.45, 7) is 4.25. The molecule has 0 aliphatic heterocycles. The SMILES string of the molecule is CCCCCN(C)Cc1ccc(CC(=O)O)cc1. The van der Waals surface area contributed by atoms with E-state index in [1.165, 1.54) is 24.8 Å². The van der Waals surface area contributed by atoms with E-state index >= 15 is 0 Å². The molecule has 0 saturated heterocycles. The summed E-state index contributed by atoms with van der Waals surface area (Å²) in [7, 11) is 2.13. The van der Waals surface area contributed by atoms with E-state index in [2.05, 4.69) is 18.9 Å². The van der Waals surface area contributed by atoms with Gasteiger partial charge in [-0.2, -0.15) is 0 Å². The predicted molar refractivity (Wildman–Crippen MR) is 73.6 cm³/mol. The molecule has 0 fully saturated rings. The number of nitrogens with zero attached hydrogens (tertiary/aromatic N) is 1. The van der Waals surface area contributed by atoms with Crippen LogP contribution in [0.5, 0.6) is 0 Å². The van der Waals surface area contributed by atoms with Gasteiger partial charge < -0.3 is 10.0 Å². The Hall–Kier alpha value is -1.35. The molecule has 0 aliphatic rings. The molecule has 0 atom stereocenters. The smallest absolute Gasteiger partial charge is 0.307 e. The highest BCUT2D eigenvalue weighted by molar-refractivity contribution is 5.70. The number of carboxylic acid groups (broad SMARTS) is 1. The Balaban J connectivity index is 2.40. The van der Waals surface area contributed by atoms with Gasteiger partial charge in [0.25, 0.3) is 0 Å². The van der Waals surface area contributed by atoms with Crippen LogP contribution in [0.3, 0.4) is 0 Å². The average molecular weight is 249 g/mol. The Labute approximate surface area is 109 Å². The first kappa shape index (κ1) is 14.7. The fraction of sp³-hybridized carbons (Fsp3) is 0.533. The van der Waals surface area contributed by atoms with Crippen LogP contribution in [0.2, 0.25) is 0 Å². The molecule has 1 aromatic rings. The minimum Gasteiger partial charge on any atom is -0.481 e. The van der Waals surface area contributed by atoms with E-state index in [9.17, 15) is 4.79 Å². The Morgan fingerprint density at radius 1 is 1.17 bits per heavy atom. The van der Waals surface area contributed by atoms with Crippen LogP contribution >= 0.6 is 0 Å². The van der Waals surface area contributed by atoms with Crippen LogP contribution in [0.4, 0.5) is 0 Å². The average Bonchev–Trinajstić information content (AvgIpc) is 2.31. The summed E-state index contributed by atoms with van der Waals surface area (Å²) in [6, 6.07) is 7.86. The Bertz CT molecular complexity index is 359. The van der Waals surface area contributed by atoms with Gasteiger partial charge in [-0.15, -0.1) is 0 Å². The van der Waals surface area contributed by atoms with Gasteiger partial charge in [0.1, 0.15) is 0 Å². The quantitative estimate of drug-likeness (QED) is 0.720. The van der Waals surface area contributed by atoms with Crippen molar-refractivity contribution in [3.05, 3.63) is 35.4 Å². The molecule has 0 heterocycles. The molecule has 1 rings (SSSR count). The van der Waals surface area contributed by atoms with Crippen molar-refractivity contribution in [3.63, 3.8) is 0 Å². The van der Waals surface area contributed by atoms with Crippen molar-refractivity contribution in [1.82, 2.24) is 4.90 Å². The zero-order chi connectivity index (χ0) is 13.4. The summed E-state index contributed by atoms with van der Waals surface area (Å²) in [4.78, 5) is 12.9. The summed E-state index contributed by atoms with van der Waals surface area (Å²) in [5.41, 5.74) is 2.10. The fourth-order valence-corrected chi connectivity index (χ4v) is 1.96.